The lowest BCUT2D eigenvalue weighted by Gasteiger charge is -2.01. The van der Waals surface area contributed by atoms with E-state index in [0.29, 0.717) is 24.8 Å². The molecule has 2 aromatic rings. The lowest BCUT2D eigenvalue weighted by molar-refractivity contribution is 0.0696. The molecule has 7 nitrogen and oxygen atoms in total. The maximum absolute atomic E-state index is 10.6. The van der Waals surface area contributed by atoms with Gasteiger partial charge in [-0.2, -0.15) is 4.98 Å². The van der Waals surface area contributed by atoms with Gasteiger partial charge in [0.1, 0.15) is 0 Å². The van der Waals surface area contributed by atoms with E-state index in [0.717, 1.165) is 5.69 Å². The predicted molar refractivity (Wildman–Crippen MR) is 60.8 cm³/mol. The molecule has 2 heterocycles. The van der Waals surface area contributed by atoms with E-state index in [1.165, 1.54) is 12.3 Å². The number of pyridine rings is 1. The minimum absolute atomic E-state index is 0.172. The number of aromatic nitrogens is 3. The number of carboxylic acids is 1. The summed E-state index contributed by atoms with van der Waals surface area (Å²) in [6, 6.07) is 3.18. The zero-order valence-corrected chi connectivity index (χ0v) is 9.75. The van der Waals surface area contributed by atoms with Crippen LogP contribution in [0.3, 0.4) is 0 Å². The predicted octanol–water partition coefficient (Wildman–Crippen LogP) is 0.761. The molecular weight excluding hydrogens is 236 g/mol. The number of aryl methyl sites for hydroxylation is 1. The first-order valence-electron chi connectivity index (χ1n) is 5.33. The summed E-state index contributed by atoms with van der Waals surface area (Å²) in [5, 5.41) is 15.5. The van der Waals surface area contributed by atoms with E-state index in [4.69, 9.17) is 9.63 Å². The van der Waals surface area contributed by atoms with Crippen LogP contribution in [-0.4, -0.2) is 26.2 Å². The van der Waals surface area contributed by atoms with Gasteiger partial charge in [0, 0.05) is 12.7 Å². The normalized spacial score (nSPS) is 10.5. The van der Waals surface area contributed by atoms with Crippen molar-refractivity contribution in [3.63, 3.8) is 0 Å². The molecule has 0 aliphatic heterocycles. The minimum atomic E-state index is -0.983. The molecule has 2 rings (SSSR count). The van der Waals surface area contributed by atoms with Crippen LogP contribution in [0.5, 0.6) is 0 Å². The Kier molecular flexibility index (Phi) is 3.63. The molecule has 0 aliphatic rings. The van der Waals surface area contributed by atoms with E-state index in [1.807, 2.05) is 0 Å². The summed E-state index contributed by atoms with van der Waals surface area (Å²) in [4.78, 5) is 18.7. The maximum Gasteiger partial charge on any atom is 0.337 e. The molecule has 0 saturated carbocycles. The van der Waals surface area contributed by atoms with Crippen molar-refractivity contribution in [2.75, 3.05) is 0 Å². The Morgan fingerprint density at radius 2 is 2.28 bits per heavy atom. The molecule has 0 amide bonds. The van der Waals surface area contributed by atoms with Crippen molar-refractivity contribution in [2.45, 2.75) is 20.0 Å². The van der Waals surface area contributed by atoms with Gasteiger partial charge in [0.15, 0.2) is 5.82 Å². The van der Waals surface area contributed by atoms with Gasteiger partial charge in [-0.05, 0) is 19.1 Å². The summed E-state index contributed by atoms with van der Waals surface area (Å²) in [6.07, 6.45) is 1.33. The fraction of sp³-hybridized carbons (Fsp3) is 0.273. The molecule has 7 heteroatoms. The highest BCUT2D eigenvalue weighted by molar-refractivity contribution is 5.87. The Morgan fingerprint density at radius 1 is 1.44 bits per heavy atom. The Hall–Kier alpha value is -2.28. The van der Waals surface area contributed by atoms with Crippen LogP contribution >= 0.6 is 0 Å². The zero-order chi connectivity index (χ0) is 13.0. The van der Waals surface area contributed by atoms with Crippen molar-refractivity contribution in [3.05, 3.63) is 41.3 Å². The molecule has 0 fully saturated rings. The number of carbonyl (C=O) groups is 1. The van der Waals surface area contributed by atoms with Crippen LogP contribution in [0, 0.1) is 6.92 Å². The molecule has 0 atom stereocenters. The van der Waals surface area contributed by atoms with Gasteiger partial charge in [-0.1, -0.05) is 5.16 Å². The van der Waals surface area contributed by atoms with Crippen LogP contribution < -0.4 is 5.32 Å². The van der Waals surface area contributed by atoms with Crippen molar-refractivity contribution < 1.29 is 14.4 Å². The summed E-state index contributed by atoms with van der Waals surface area (Å²) in [5.74, 6) is 0.119. The quantitative estimate of drug-likeness (QED) is 0.805. The number of hydrogen-bond acceptors (Lipinski definition) is 6. The highest BCUT2D eigenvalue weighted by Crippen LogP contribution is 2.01. The van der Waals surface area contributed by atoms with Crippen LogP contribution in [-0.2, 0) is 13.1 Å². The Morgan fingerprint density at radius 3 is 2.83 bits per heavy atom. The Labute approximate surface area is 103 Å². The summed E-state index contributed by atoms with van der Waals surface area (Å²) >= 11 is 0. The number of rotatable bonds is 5. The third-order valence-corrected chi connectivity index (χ3v) is 2.22. The number of aromatic carboxylic acids is 1. The van der Waals surface area contributed by atoms with E-state index in [9.17, 15) is 4.79 Å². The van der Waals surface area contributed by atoms with Crippen molar-refractivity contribution in [1.29, 1.82) is 0 Å². The van der Waals surface area contributed by atoms with E-state index in [2.05, 4.69) is 20.4 Å². The topological polar surface area (TPSA) is 101 Å². The van der Waals surface area contributed by atoms with Crippen LogP contribution in [0.25, 0.3) is 0 Å². The summed E-state index contributed by atoms with van der Waals surface area (Å²) in [7, 11) is 0. The Bertz CT molecular complexity index is 535. The molecule has 0 unspecified atom stereocenters. The highest BCUT2D eigenvalue weighted by atomic mass is 16.5. The highest BCUT2D eigenvalue weighted by Gasteiger charge is 2.04. The average Bonchev–Trinajstić information content (AvgIpc) is 2.76. The van der Waals surface area contributed by atoms with Crippen molar-refractivity contribution in [3.8, 4) is 0 Å². The van der Waals surface area contributed by atoms with Crippen molar-refractivity contribution in [1.82, 2.24) is 20.4 Å². The molecule has 2 N–H and O–H groups in total. The summed E-state index contributed by atoms with van der Waals surface area (Å²) in [5.41, 5.74) is 0.919. The van der Waals surface area contributed by atoms with Gasteiger partial charge in [0.25, 0.3) is 0 Å². The molecule has 0 spiro atoms. The lowest BCUT2D eigenvalue weighted by Crippen LogP contribution is -2.14. The van der Waals surface area contributed by atoms with E-state index < -0.39 is 5.97 Å². The number of carboxylic acid groups (broad SMARTS) is 1. The molecule has 0 aliphatic carbocycles. The number of nitrogens with zero attached hydrogens (tertiary/aromatic N) is 3. The number of nitrogens with one attached hydrogen (secondary N) is 1. The molecule has 2 aromatic heterocycles. The first-order chi connectivity index (χ1) is 8.65. The SMILES string of the molecule is Cc1noc(CNCc2ccc(C(=O)O)cn2)n1. The standard InChI is InChI=1S/C11H12N4O3/c1-7-14-10(18-15-7)6-12-5-9-3-2-8(4-13-9)11(16)17/h2-4,12H,5-6H2,1H3,(H,16,17). The monoisotopic (exact) mass is 248 g/mol. The summed E-state index contributed by atoms with van der Waals surface area (Å²) in [6.45, 7) is 2.70. The van der Waals surface area contributed by atoms with E-state index >= 15 is 0 Å². The van der Waals surface area contributed by atoms with Gasteiger partial charge in [0.2, 0.25) is 5.89 Å². The second kappa shape index (κ2) is 5.37. The van der Waals surface area contributed by atoms with Gasteiger partial charge in [0.05, 0.1) is 17.8 Å². The molecule has 18 heavy (non-hydrogen) atoms. The van der Waals surface area contributed by atoms with E-state index in [-0.39, 0.29) is 5.56 Å². The first kappa shape index (κ1) is 12.2. The van der Waals surface area contributed by atoms with Gasteiger partial charge in [-0.25, -0.2) is 4.79 Å². The van der Waals surface area contributed by atoms with Crippen LogP contribution in [0.4, 0.5) is 0 Å². The fourth-order valence-corrected chi connectivity index (χ4v) is 1.36. The second-order valence-corrected chi connectivity index (χ2v) is 3.68. The molecular formula is C11H12N4O3. The van der Waals surface area contributed by atoms with Gasteiger partial charge in [-0.3, -0.25) is 4.98 Å². The van der Waals surface area contributed by atoms with Crippen LogP contribution in [0.2, 0.25) is 0 Å². The van der Waals surface area contributed by atoms with Gasteiger partial charge in [-0.15, -0.1) is 0 Å². The second-order valence-electron chi connectivity index (χ2n) is 3.68. The van der Waals surface area contributed by atoms with E-state index in [1.54, 1.807) is 13.0 Å². The maximum atomic E-state index is 10.6. The largest absolute Gasteiger partial charge is 0.478 e. The molecule has 0 saturated heterocycles. The average molecular weight is 248 g/mol. The number of hydrogen-bond donors (Lipinski definition) is 2. The molecule has 0 bridgehead atoms. The molecule has 0 radical (unpaired) electrons. The Balaban J connectivity index is 1.85. The van der Waals surface area contributed by atoms with Gasteiger partial charge < -0.3 is 14.9 Å². The van der Waals surface area contributed by atoms with Crippen molar-refractivity contribution in [2.24, 2.45) is 0 Å². The van der Waals surface area contributed by atoms with Gasteiger partial charge >= 0.3 is 5.97 Å². The molecule has 94 valence electrons. The first-order valence-corrected chi connectivity index (χ1v) is 5.33. The fourth-order valence-electron chi connectivity index (χ4n) is 1.36. The van der Waals surface area contributed by atoms with Crippen LogP contribution in [0.15, 0.2) is 22.9 Å². The van der Waals surface area contributed by atoms with Crippen molar-refractivity contribution >= 4 is 5.97 Å². The van der Waals surface area contributed by atoms with Crippen LogP contribution in [0.1, 0.15) is 27.8 Å². The minimum Gasteiger partial charge on any atom is -0.478 e. The zero-order valence-electron chi connectivity index (χ0n) is 9.75. The summed E-state index contributed by atoms with van der Waals surface area (Å²) < 4.78 is 4.93. The third-order valence-electron chi connectivity index (χ3n) is 2.22. The lowest BCUT2D eigenvalue weighted by atomic mass is 10.2. The smallest absolute Gasteiger partial charge is 0.337 e. The molecule has 0 aromatic carbocycles. The third kappa shape index (κ3) is 3.11.